The fourth-order valence-electron chi connectivity index (χ4n) is 1.27. The molecule has 0 radical (unpaired) electrons. The molecule has 0 fully saturated rings. The predicted octanol–water partition coefficient (Wildman–Crippen LogP) is 0.221. The van der Waals surface area contributed by atoms with Gasteiger partial charge in [-0.25, -0.2) is 4.98 Å². The van der Waals surface area contributed by atoms with E-state index in [0.717, 1.165) is 0 Å². The van der Waals surface area contributed by atoms with Crippen LogP contribution >= 0.6 is 0 Å². The van der Waals surface area contributed by atoms with Crippen molar-refractivity contribution in [2.75, 3.05) is 0 Å². The molecule has 0 aliphatic rings. The molecule has 0 saturated carbocycles. The molecule has 0 saturated heterocycles. The van der Waals surface area contributed by atoms with Gasteiger partial charge in [-0.05, 0) is 6.07 Å². The molecule has 0 aliphatic heterocycles. The summed E-state index contributed by atoms with van der Waals surface area (Å²) in [5.74, 6) is -0.462. The maximum atomic E-state index is 11.0. The van der Waals surface area contributed by atoms with Gasteiger partial charge in [0.05, 0.1) is 0 Å². The Balaban J connectivity index is 2.13. The summed E-state index contributed by atoms with van der Waals surface area (Å²) in [6, 6.07) is 1.60. The van der Waals surface area contributed by atoms with Gasteiger partial charge < -0.3 is 10.2 Å². The van der Waals surface area contributed by atoms with Crippen LogP contribution < -0.4 is 5.73 Å². The summed E-state index contributed by atoms with van der Waals surface area (Å²) in [7, 11) is 0. The summed E-state index contributed by atoms with van der Waals surface area (Å²) in [5.41, 5.74) is 5.47. The summed E-state index contributed by atoms with van der Waals surface area (Å²) in [6.45, 7) is 1.67. The van der Waals surface area contributed by atoms with Crippen molar-refractivity contribution in [3.05, 3.63) is 35.8 Å². The van der Waals surface area contributed by atoms with Crippen LogP contribution in [0.15, 0.2) is 22.9 Å². The Kier molecular flexibility index (Phi) is 2.73. The van der Waals surface area contributed by atoms with Crippen molar-refractivity contribution in [3.8, 4) is 0 Å². The Morgan fingerprint density at radius 2 is 2.24 bits per heavy atom. The molecule has 0 bridgehead atoms. The first-order chi connectivity index (χ1) is 8.06. The number of carbonyl (C=O) groups is 2. The van der Waals surface area contributed by atoms with Crippen molar-refractivity contribution in [1.29, 1.82) is 0 Å². The number of hydrogen-bond donors (Lipinski definition) is 1. The first-order valence-electron chi connectivity index (χ1n) is 4.85. The lowest BCUT2D eigenvalue weighted by molar-refractivity contribution is 0.0991. The molecule has 0 atom stereocenters. The number of primary amides is 1. The van der Waals surface area contributed by atoms with E-state index >= 15 is 0 Å². The maximum absolute atomic E-state index is 11.0. The van der Waals surface area contributed by atoms with Gasteiger partial charge >= 0.3 is 0 Å². The van der Waals surface area contributed by atoms with E-state index in [1.54, 1.807) is 12.3 Å². The van der Waals surface area contributed by atoms with Crippen LogP contribution in [-0.2, 0) is 6.54 Å². The summed E-state index contributed by atoms with van der Waals surface area (Å²) in [5, 5.41) is 4.01. The predicted molar refractivity (Wildman–Crippen MR) is 56.4 cm³/mol. The minimum absolute atomic E-state index is 0.0685. The third-order valence-corrected chi connectivity index (χ3v) is 2.10. The number of amides is 1. The molecule has 2 rings (SSSR count). The van der Waals surface area contributed by atoms with E-state index in [2.05, 4.69) is 10.1 Å². The number of oxazole rings is 1. The van der Waals surface area contributed by atoms with Crippen LogP contribution in [0.1, 0.15) is 33.8 Å². The van der Waals surface area contributed by atoms with Crippen molar-refractivity contribution in [3.63, 3.8) is 0 Å². The molecule has 0 spiro atoms. The van der Waals surface area contributed by atoms with Crippen LogP contribution in [0.2, 0.25) is 0 Å². The first kappa shape index (κ1) is 11.1. The molecule has 17 heavy (non-hydrogen) atoms. The highest BCUT2D eigenvalue weighted by atomic mass is 16.3. The zero-order chi connectivity index (χ0) is 12.4. The number of carbonyl (C=O) groups excluding carboxylic acids is 2. The molecule has 0 aliphatic carbocycles. The highest BCUT2D eigenvalue weighted by molar-refractivity contribution is 5.91. The van der Waals surface area contributed by atoms with E-state index in [1.165, 1.54) is 17.9 Å². The van der Waals surface area contributed by atoms with Gasteiger partial charge in [-0.1, -0.05) is 0 Å². The summed E-state index contributed by atoms with van der Waals surface area (Å²) in [6.07, 6.45) is 2.82. The van der Waals surface area contributed by atoms with Gasteiger partial charge in [-0.2, -0.15) is 5.10 Å². The van der Waals surface area contributed by atoms with Gasteiger partial charge in [-0.15, -0.1) is 0 Å². The van der Waals surface area contributed by atoms with Gasteiger partial charge in [0.1, 0.15) is 18.5 Å². The minimum atomic E-state index is -0.648. The highest BCUT2D eigenvalue weighted by Crippen LogP contribution is 2.04. The quantitative estimate of drug-likeness (QED) is 0.762. The standard InChI is InChI=1S/C10H10N4O3/c1-6(15)7-2-3-14(13-7)4-9-12-8(5-17-9)10(11)16/h2-3,5H,4H2,1H3,(H2,11,16). The van der Waals surface area contributed by atoms with Gasteiger partial charge in [0.25, 0.3) is 5.91 Å². The maximum Gasteiger partial charge on any atom is 0.270 e. The zero-order valence-electron chi connectivity index (χ0n) is 9.08. The second-order valence-corrected chi connectivity index (χ2v) is 3.45. The van der Waals surface area contributed by atoms with Crippen molar-refractivity contribution < 1.29 is 14.0 Å². The largest absolute Gasteiger partial charge is 0.446 e. The summed E-state index contributed by atoms with van der Waals surface area (Å²) < 4.78 is 6.54. The second-order valence-electron chi connectivity index (χ2n) is 3.45. The molecule has 2 heterocycles. The molecule has 88 valence electrons. The fraction of sp³-hybridized carbons (Fsp3) is 0.200. The van der Waals surface area contributed by atoms with Crippen LogP contribution in [0, 0.1) is 0 Å². The van der Waals surface area contributed by atoms with Gasteiger partial charge in [0, 0.05) is 13.1 Å². The summed E-state index contributed by atoms with van der Waals surface area (Å²) >= 11 is 0. The Bertz CT molecular complexity index is 519. The van der Waals surface area contributed by atoms with Crippen molar-refractivity contribution >= 4 is 11.7 Å². The van der Waals surface area contributed by atoms with Crippen molar-refractivity contribution in [2.24, 2.45) is 5.73 Å². The lowest BCUT2D eigenvalue weighted by Crippen LogP contribution is -2.11. The Morgan fingerprint density at radius 3 is 2.76 bits per heavy atom. The smallest absolute Gasteiger partial charge is 0.270 e. The molecule has 2 N–H and O–H groups in total. The number of ketones is 1. The lowest BCUT2D eigenvalue weighted by Gasteiger charge is -1.95. The van der Waals surface area contributed by atoms with Crippen LogP contribution in [0.3, 0.4) is 0 Å². The summed E-state index contributed by atoms with van der Waals surface area (Å²) in [4.78, 5) is 25.7. The molecule has 7 nitrogen and oxygen atoms in total. The molecule has 0 unspecified atom stereocenters. The second kappa shape index (κ2) is 4.20. The first-order valence-corrected chi connectivity index (χ1v) is 4.85. The van der Waals surface area contributed by atoms with Gasteiger partial charge in [0.15, 0.2) is 11.5 Å². The Hall–Kier alpha value is -2.44. The number of Topliss-reactive ketones (excluding diaryl/α,β-unsaturated/α-hetero) is 1. The number of hydrogen-bond acceptors (Lipinski definition) is 5. The third kappa shape index (κ3) is 2.39. The monoisotopic (exact) mass is 234 g/mol. The number of aromatic nitrogens is 3. The zero-order valence-corrected chi connectivity index (χ0v) is 9.08. The molecule has 2 aromatic rings. The van der Waals surface area contributed by atoms with E-state index in [0.29, 0.717) is 11.6 Å². The number of nitrogens with two attached hydrogens (primary N) is 1. The average molecular weight is 234 g/mol. The van der Waals surface area contributed by atoms with Gasteiger partial charge in [-0.3, -0.25) is 14.3 Å². The minimum Gasteiger partial charge on any atom is -0.446 e. The highest BCUT2D eigenvalue weighted by Gasteiger charge is 2.10. The lowest BCUT2D eigenvalue weighted by atomic mass is 10.3. The molecule has 1 amide bonds. The molecular formula is C10H10N4O3. The van der Waals surface area contributed by atoms with Crippen molar-refractivity contribution in [1.82, 2.24) is 14.8 Å². The van der Waals surface area contributed by atoms with Crippen LogP contribution in [0.4, 0.5) is 0 Å². The van der Waals surface area contributed by atoms with E-state index in [9.17, 15) is 9.59 Å². The van der Waals surface area contributed by atoms with E-state index in [1.807, 2.05) is 0 Å². The third-order valence-electron chi connectivity index (χ3n) is 2.10. The normalized spacial score (nSPS) is 10.4. The topological polar surface area (TPSA) is 104 Å². The molecule has 7 heteroatoms. The van der Waals surface area contributed by atoms with Gasteiger partial charge in [0.2, 0.25) is 5.89 Å². The Morgan fingerprint density at radius 1 is 1.47 bits per heavy atom. The van der Waals surface area contributed by atoms with Crippen LogP contribution in [-0.4, -0.2) is 26.5 Å². The van der Waals surface area contributed by atoms with E-state index in [-0.39, 0.29) is 18.0 Å². The Labute approximate surface area is 96.2 Å². The number of rotatable bonds is 4. The molecule has 2 aromatic heterocycles. The van der Waals surface area contributed by atoms with Crippen LogP contribution in [0.5, 0.6) is 0 Å². The van der Waals surface area contributed by atoms with E-state index < -0.39 is 5.91 Å². The number of nitrogens with zero attached hydrogens (tertiary/aromatic N) is 3. The van der Waals surface area contributed by atoms with Crippen LogP contribution in [0.25, 0.3) is 0 Å². The van der Waals surface area contributed by atoms with E-state index in [4.69, 9.17) is 10.2 Å². The fourth-order valence-corrected chi connectivity index (χ4v) is 1.27. The average Bonchev–Trinajstić information content (AvgIpc) is 2.87. The van der Waals surface area contributed by atoms with Crippen molar-refractivity contribution in [2.45, 2.75) is 13.5 Å². The SMILES string of the molecule is CC(=O)c1ccn(Cc2nc(C(N)=O)co2)n1. The molecular weight excluding hydrogens is 224 g/mol. The molecule has 0 aromatic carbocycles.